The van der Waals surface area contributed by atoms with Crippen LogP contribution < -0.4 is 5.32 Å². The number of nitrogens with one attached hydrogen (secondary N) is 1. The van der Waals surface area contributed by atoms with Gasteiger partial charge in [-0.15, -0.1) is 10.2 Å². The quantitative estimate of drug-likeness (QED) is 0.522. The number of aromatic nitrogens is 3. The lowest BCUT2D eigenvalue weighted by molar-refractivity contribution is 0.0933. The Labute approximate surface area is 198 Å². The van der Waals surface area contributed by atoms with Crippen LogP contribution in [0.3, 0.4) is 0 Å². The molecule has 10 heteroatoms. The van der Waals surface area contributed by atoms with Crippen molar-refractivity contribution in [2.75, 3.05) is 18.6 Å². The summed E-state index contributed by atoms with van der Waals surface area (Å²) in [4.78, 5) is 13.3. The minimum atomic E-state index is -3.66. The molecule has 2 unspecified atom stereocenters. The highest BCUT2D eigenvalue weighted by molar-refractivity contribution is 7.98. The summed E-state index contributed by atoms with van der Waals surface area (Å²) in [6, 6.07) is 11.5. The van der Waals surface area contributed by atoms with Gasteiger partial charge in [-0.05, 0) is 68.5 Å². The molecule has 3 heterocycles. The molecule has 3 aromatic rings. The zero-order valence-corrected chi connectivity index (χ0v) is 20.5. The first-order valence-corrected chi connectivity index (χ1v) is 14.0. The fourth-order valence-electron chi connectivity index (χ4n) is 4.20. The van der Waals surface area contributed by atoms with Gasteiger partial charge in [0.05, 0.1) is 10.9 Å². The van der Waals surface area contributed by atoms with Crippen LogP contribution in [-0.2, 0) is 10.0 Å². The number of nitrogens with zero attached hydrogens (tertiary/aromatic N) is 4. The highest BCUT2D eigenvalue weighted by Crippen LogP contribution is 2.26. The molecule has 4 rings (SSSR count). The summed E-state index contributed by atoms with van der Waals surface area (Å²) in [6.45, 7) is 2.45. The predicted octanol–water partition coefficient (Wildman–Crippen LogP) is 3.52. The van der Waals surface area contributed by atoms with Crippen molar-refractivity contribution >= 4 is 33.3 Å². The van der Waals surface area contributed by atoms with Crippen LogP contribution in [0.1, 0.15) is 54.8 Å². The van der Waals surface area contributed by atoms with Crippen LogP contribution in [0.25, 0.3) is 5.65 Å². The average molecular weight is 488 g/mol. The Hall–Kier alpha value is -2.43. The van der Waals surface area contributed by atoms with Gasteiger partial charge < -0.3 is 5.32 Å². The van der Waals surface area contributed by atoms with Gasteiger partial charge in [0.15, 0.2) is 11.5 Å². The first kappa shape index (κ1) is 23.7. The average Bonchev–Trinajstić information content (AvgIpc) is 3.26. The van der Waals surface area contributed by atoms with Crippen molar-refractivity contribution in [3.63, 3.8) is 0 Å². The number of thioether (sulfide) groups is 1. The third-order valence-corrected chi connectivity index (χ3v) is 8.67. The van der Waals surface area contributed by atoms with Gasteiger partial charge in [0.1, 0.15) is 0 Å². The number of carbonyl (C=O) groups is 1. The van der Waals surface area contributed by atoms with E-state index in [1.165, 1.54) is 6.07 Å². The van der Waals surface area contributed by atoms with Gasteiger partial charge >= 0.3 is 0 Å². The Morgan fingerprint density at radius 3 is 2.85 bits per heavy atom. The smallest absolute Gasteiger partial charge is 0.251 e. The first-order valence-electron chi connectivity index (χ1n) is 11.1. The Bertz CT molecular complexity index is 1230. The third kappa shape index (κ3) is 5.07. The number of sulfonamides is 1. The zero-order valence-electron chi connectivity index (χ0n) is 18.8. The Kier molecular flexibility index (Phi) is 7.35. The van der Waals surface area contributed by atoms with Crippen LogP contribution in [0.15, 0.2) is 53.6 Å². The molecule has 0 aliphatic carbocycles. The van der Waals surface area contributed by atoms with Gasteiger partial charge in [0, 0.05) is 24.3 Å². The molecule has 1 amide bonds. The lowest BCUT2D eigenvalue weighted by Crippen LogP contribution is -2.42. The third-order valence-electron chi connectivity index (χ3n) is 6.01. The summed E-state index contributed by atoms with van der Waals surface area (Å²) in [5.41, 5.74) is 1.02. The van der Waals surface area contributed by atoms with E-state index in [0.717, 1.165) is 25.0 Å². The highest BCUT2D eigenvalue weighted by atomic mass is 32.2. The van der Waals surface area contributed by atoms with Crippen molar-refractivity contribution in [2.24, 2.45) is 0 Å². The highest BCUT2D eigenvalue weighted by Gasteiger charge is 2.31. The number of fused-ring (bicyclic) bond motifs is 1. The molecular formula is C23H29N5O3S2. The summed E-state index contributed by atoms with van der Waals surface area (Å²) in [7, 11) is -3.66. The van der Waals surface area contributed by atoms with Crippen molar-refractivity contribution in [1.82, 2.24) is 24.2 Å². The molecule has 0 bridgehead atoms. The predicted molar refractivity (Wildman–Crippen MR) is 130 cm³/mol. The minimum Gasteiger partial charge on any atom is -0.342 e. The maximum Gasteiger partial charge on any atom is 0.251 e. The van der Waals surface area contributed by atoms with Gasteiger partial charge in [0.2, 0.25) is 10.0 Å². The van der Waals surface area contributed by atoms with Gasteiger partial charge in [-0.3, -0.25) is 9.20 Å². The number of carbonyl (C=O) groups excluding carboxylic acids is 1. The summed E-state index contributed by atoms with van der Waals surface area (Å²) in [5, 5.41) is 11.6. The number of hydrogen-bond donors (Lipinski definition) is 1. The molecule has 1 aliphatic rings. The second-order valence-corrected chi connectivity index (χ2v) is 11.2. The number of benzene rings is 1. The molecule has 176 valence electrons. The molecule has 1 aliphatic heterocycles. The van der Waals surface area contributed by atoms with E-state index in [2.05, 4.69) is 15.5 Å². The monoisotopic (exact) mass is 487 g/mol. The topological polar surface area (TPSA) is 96.7 Å². The maximum atomic E-state index is 13.2. The minimum absolute atomic E-state index is 0.0432. The molecule has 0 spiro atoms. The fourth-order valence-corrected chi connectivity index (χ4v) is 6.42. The Balaban J connectivity index is 1.59. The molecule has 8 nitrogen and oxygen atoms in total. The molecule has 0 radical (unpaired) electrons. The number of amides is 1. The number of pyridine rings is 1. The van der Waals surface area contributed by atoms with Crippen molar-refractivity contribution in [1.29, 1.82) is 0 Å². The molecule has 33 heavy (non-hydrogen) atoms. The standard InChI is InChI=1S/C23H29N5O3S2/c1-17-8-3-6-14-28(17)33(30,31)19-10-7-9-18(16-19)23(29)24-20(12-15-32-2)22-26-25-21-11-4-5-13-27(21)22/h4-5,7,9-11,13,16-17,20H,3,6,8,12,14-15H2,1-2H3,(H,24,29). The summed E-state index contributed by atoms with van der Waals surface area (Å²) in [6.07, 6.45) is 7.29. The second-order valence-electron chi connectivity index (χ2n) is 8.28. The molecular weight excluding hydrogens is 458 g/mol. The molecule has 2 aromatic heterocycles. The van der Waals surface area contributed by atoms with E-state index in [1.807, 2.05) is 42.0 Å². The molecule has 1 fully saturated rings. The van der Waals surface area contributed by atoms with E-state index >= 15 is 0 Å². The Morgan fingerprint density at radius 1 is 1.21 bits per heavy atom. The van der Waals surface area contributed by atoms with Crippen LogP contribution in [0, 0.1) is 0 Å². The van der Waals surface area contributed by atoms with E-state index in [1.54, 1.807) is 34.3 Å². The van der Waals surface area contributed by atoms with Crippen LogP contribution >= 0.6 is 11.8 Å². The zero-order chi connectivity index (χ0) is 23.4. The van der Waals surface area contributed by atoms with E-state index in [9.17, 15) is 13.2 Å². The number of hydrogen-bond acceptors (Lipinski definition) is 6. The second kappa shape index (κ2) is 10.2. The SMILES string of the molecule is CSCCC(NC(=O)c1cccc(S(=O)(=O)N2CCCCC2C)c1)c1nnc2ccccn12. The van der Waals surface area contributed by atoms with Crippen LogP contribution in [-0.4, -0.2) is 57.8 Å². The summed E-state index contributed by atoms with van der Waals surface area (Å²) >= 11 is 1.68. The fraction of sp³-hybridized carbons (Fsp3) is 0.435. The molecule has 1 saturated heterocycles. The van der Waals surface area contributed by atoms with Gasteiger partial charge in [-0.25, -0.2) is 8.42 Å². The molecule has 1 aromatic carbocycles. The van der Waals surface area contributed by atoms with Crippen LogP contribution in [0.4, 0.5) is 0 Å². The molecule has 0 saturated carbocycles. The van der Waals surface area contributed by atoms with Crippen molar-refractivity contribution < 1.29 is 13.2 Å². The molecule has 1 N–H and O–H groups in total. The normalized spacial score (nSPS) is 18.3. The van der Waals surface area contributed by atoms with Crippen molar-refractivity contribution in [3.05, 3.63) is 60.0 Å². The van der Waals surface area contributed by atoms with Crippen molar-refractivity contribution in [3.8, 4) is 0 Å². The van der Waals surface area contributed by atoms with Crippen molar-refractivity contribution in [2.45, 2.75) is 49.6 Å². The Morgan fingerprint density at radius 2 is 2.06 bits per heavy atom. The van der Waals surface area contributed by atoms with Crippen LogP contribution in [0.2, 0.25) is 0 Å². The van der Waals surface area contributed by atoms with E-state index in [4.69, 9.17) is 0 Å². The lowest BCUT2D eigenvalue weighted by Gasteiger charge is -2.32. The number of rotatable bonds is 8. The van der Waals surface area contributed by atoms with E-state index in [-0.39, 0.29) is 22.9 Å². The summed E-state index contributed by atoms with van der Waals surface area (Å²) < 4.78 is 29.9. The van der Waals surface area contributed by atoms with E-state index in [0.29, 0.717) is 30.0 Å². The van der Waals surface area contributed by atoms with E-state index < -0.39 is 10.0 Å². The summed E-state index contributed by atoms with van der Waals surface area (Å²) in [5.74, 6) is 1.14. The number of piperidine rings is 1. The lowest BCUT2D eigenvalue weighted by atomic mass is 10.1. The van der Waals surface area contributed by atoms with Crippen LogP contribution in [0.5, 0.6) is 0 Å². The first-order chi connectivity index (χ1) is 15.9. The maximum absolute atomic E-state index is 13.2. The van der Waals surface area contributed by atoms with Gasteiger partial charge in [0.25, 0.3) is 5.91 Å². The van der Waals surface area contributed by atoms with Gasteiger partial charge in [-0.2, -0.15) is 16.1 Å². The largest absolute Gasteiger partial charge is 0.342 e. The molecule has 2 atom stereocenters. The van der Waals surface area contributed by atoms with Gasteiger partial charge in [-0.1, -0.05) is 18.6 Å².